The van der Waals surface area contributed by atoms with E-state index in [4.69, 9.17) is 4.74 Å². The molecule has 2 N–H and O–H groups in total. The van der Waals surface area contributed by atoms with Crippen LogP contribution in [0.15, 0.2) is 41.3 Å². The number of nitrogens with zero attached hydrogens (tertiary/aromatic N) is 4. The van der Waals surface area contributed by atoms with E-state index in [2.05, 4.69) is 25.3 Å². The van der Waals surface area contributed by atoms with Crippen LogP contribution in [0.25, 0.3) is 5.65 Å². The first kappa shape index (κ1) is 20.1. The smallest absolute Gasteiger partial charge is 0.240 e. The van der Waals surface area contributed by atoms with Gasteiger partial charge in [0.15, 0.2) is 11.5 Å². The van der Waals surface area contributed by atoms with Crippen LogP contribution < -0.4 is 10.0 Å². The predicted octanol–water partition coefficient (Wildman–Crippen LogP) is 1.23. The lowest BCUT2D eigenvalue weighted by atomic mass is 10.4. The van der Waals surface area contributed by atoms with Crippen LogP contribution in [-0.2, 0) is 21.2 Å². The Balaban J connectivity index is 1.63. The van der Waals surface area contributed by atoms with Gasteiger partial charge in [0.1, 0.15) is 11.6 Å². The summed E-state index contributed by atoms with van der Waals surface area (Å²) in [6.07, 6.45) is 1.14. The zero-order chi connectivity index (χ0) is 20.0. The fraction of sp³-hybridized carbons (Fsp3) is 0.353. The monoisotopic (exact) mass is 408 g/mol. The summed E-state index contributed by atoms with van der Waals surface area (Å²) in [5, 5.41) is 15.7. The van der Waals surface area contributed by atoms with Gasteiger partial charge in [-0.2, -0.15) is 4.52 Å². The average Bonchev–Trinajstić information content (AvgIpc) is 3.08. The van der Waals surface area contributed by atoms with Gasteiger partial charge < -0.3 is 10.1 Å². The van der Waals surface area contributed by atoms with Crippen molar-refractivity contribution >= 4 is 21.5 Å². The van der Waals surface area contributed by atoms with Gasteiger partial charge in [0.25, 0.3) is 0 Å². The molecule has 11 heteroatoms. The minimum atomic E-state index is -3.73. The van der Waals surface area contributed by atoms with E-state index in [-0.39, 0.29) is 11.4 Å². The highest BCUT2D eigenvalue weighted by molar-refractivity contribution is 7.89. The van der Waals surface area contributed by atoms with Crippen LogP contribution in [0.5, 0.6) is 0 Å². The minimum absolute atomic E-state index is 0.000622. The second-order valence-corrected chi connectivity index (χ2v) is 7.75. The molecule has 0 unspecified atom stereocenters. The van der Waals surface area contributed by atoms with Crippen molar-refractivity contribution in [1.82, 2.24) is 24.5 Å². The Hall–Kier alpha value is -2.63. The van der Waals surface area contributed by atoms with E-state index in [1.54, 1.807) is 23.8 Å². The normalized spacial score (nSPS) is 11.8. The maximum atomic E-state index is 13.0. The number of rotatable bonds is 10. The summed E-state index contributed by atoms with van der Waals surface area (Å²) in [7, 11) is -2.08. The first-order valence-corrected chi connectivity index (χ1v) is 10.2. The lowest BCUT2D eigenvalue weighted by molar-refractivity contribution is 0.197. The number of aromatic nitrogens is 4. The van der Waals surface area contributed by atoms with Crippen molar-refractivity contribution in [1.29, 1.82) is 0 Å². The minimum Gasteiger partial charge on any atom is -0.385 e. The number of anilines is 1. The number of fused-ring (bicyclic) bond motifs is 1. The molecule has 150 valence electrons. The summed E-state index contributed by atoms with van der Waals surface area (Å²) < 4.78 is 46.5. The second-order valence-electron chi connectivity index (χ2n) is 5.98. The first-order valence-electron chi connectivity index (χ1n) is 8.69. The molecule has 0 aliphatic heterocycles. The molecule has 0 aliphatic rings. The molecule has 28 heavy (non-hydrogen) atoms. The molecule has 0 saturated heterocycles. The number of methoxy groups -OCH3 is 1. The van der Waals surface area contributed by atoms with Gasteiger partial charge >= 0.3 is 0 Å². The van der Waals surface area contributed by atoms with Crippen molar-refractivity contribution in [3.63, 3.8) is 0 Å². The molecule has 0 fully saturated rings. The highest BCUT2D eigenvalue weighted by atomic mass is 32.2. The number of halogens is 1. The fourth-order valence-electron chi connectivity index (χ4n) is 2.51. The van der Waals surface area contributed by atoms with E-state index in [0.717, 1.165) is 18.6 Å². The molecule has 2 aromatic heterocycles. The lowest BCUT2D eigenvalue weighted by Gasteiger charge is -2.07. The Morgan fingerprint density at radius 1 is 1.11 bits per heavy atom. The second kappa shape index (κ2) is 9.04. The number of ether oxygens (including phenoxy) is 1. The summed E-state index contributed by atoms with van der Waals surface area (Å²) in [4.78, 5) is 0.000622. The molecule has 3 aromatic rings. The molecule has 3 rings (SSSR count). The van der Waals surface area contributed by atoms with E-state index in [9.17, 15) is 12.8 Å². The molecule has 0 aliphatic carbocycles. The summed E-state index contributed by atoms with van der Waals surface area (Å²) >= 11 is 0. The number of hydrogen-bond acceptors (Lipinski definition) is 7. The first-order chi connectivity index (χ1) is 13.5. The third-order valence-electron chi connectivity index (χ3n) is 3.92. The molecule has 0 radical (unpaired) electrons. The van der Waals surface area contributed by atoms with Crippen LogP contribution in [-0.4, -0.2) is 55.0 Å². The topological polar surface area (TPSA) is 111 Å². The third-order valence-corrected chi connectivity index (χ3v) is 5.40. The van der Waals surface area contributed by atoms with Crippen LogP contribution in [0.4, 0.5) is 10.2 Å². The number of benzene rings is 1. The molecule has 0 atom stereocenters. The van der Waals surface area contributed by atoms with Gasteiger partial charge in [0, 0.05) is 33.2 Å². The number of nitrogens with one attached hydrogen (secondary N) is 2. The summed E-state index contributed by atoms with van der Waals surface area (Å²) in [5.41, 5.74) is 0.568. The lowest BCUT2D eigenvalue weighted by Crippen LogP contribution is -2.26. The molecule has 0 spiro atoms. The molecule has 1 aromatic carbocycles. The molecule has 0 bridgehead atoms. The van der Waals surface area contributed by atoms with Gasteiger partial charge in [-0.05, 0) is 42.8 Å². The molecule has 2 heterocycles. The van der Waals surface area contributed by atoms with Crippen molar-refractivity contribution in [2.24, 2.45) is 0 Å². The standard InChI is InChI=1S/C17H21FN6O3S/c1-27-12-2-10-19-15-7-8-16-21-22-17(24(16)23-15)9-11-20-28(25,26)14-5-3-13(18)4-6-14/h3-8,20H,2,9-12H2,1H3,(H,19,23). The van der Waals surface area contributed by atoms with Gasteiger partial charge in [-0.1, -0.05) is 0 Å². The Bertz CT molecular complexity index is 1020. The van der Waals surface area contributed by atoms with Crippen LogP contribution >= 0.6 is 0 Å². The van der Waals surface area contributed by atoms with E-state index in [1.807, 2.05) is 0 Å². The Morgan fingerprint density at radius 3 is 2.64 bits per heavy atom. The van der Waals surface area contributed by atoms with E-state index < -0.39 is 15.8 Å². The maximum Gasteiger partial charge on any atom is 0.240 e. The highest BCUT2D eigenvalue weighted by Gasteiger charge is 2.15. The van der Waals surface area contributed by atoms with Crippen LogP contribution in [0.1, 0.15) is 12.2 Å². The predicted molar refractivity (Wildman–Crippen MR) is 101 cm³/mol. The average molecular weight is 408 g/mol. The van der Waals surface area contributed by atoms with Gasteiger partial charge in [-0.15, -0.1) is 15.3 Å². The van der Waals surface area contributed by atoms with Crippen LogP contribution in [0, 0.1) is 5.82 Å². The van der Waals surface area contributed by atoms with Gasteiger partial charge in [-0.3, -0.25) is 0 Å². The van der Waals surface area contributed by atoms with Crippen molar-refractivity contribution in [3.05, 3.63) is 48.0 Å². The molecular weight excluding hydrogens is 387 g/mol. The van der Waals surface area contributed by atoms with E-state index in [1.165, 1.54) is 12.1 Å². The van der Waals surface area contributed by atoms with Crippen LogP contribution in [0.2, 0.25) is 0 Å². The number of sulfonamides is 1. The highest BCUT2D eigenvalue weighted by Crippen LogP contribution is 2.10. The van der Waals surface area contributed by atoms with Crippen LogP contribution in [0.3, 0.4) is 0 Å². The molecule has 0 amide bonds. The zero-order valence-electron chi connectivity index (χ0n) is 15.3. The summed E-state index contributed by atoms with van der Waals surface area (Å²) in [6, 6.07) is 8.22. The van der Waals surface area contributed by atoms with Crippen molar-refractivity contribution in [3.8, 4) is 0 Å². The zero-order valence-corrected chi connectivity index (χ0v) is 16.1. The van der Waals surface area contributed by atoms with E-state index >= 15 is 0 Å². The van der Waals surface area contributed by atoms with Gasteiger partial charge in [0.05, 0.1) is 4.90 Å². The van der Waals surface area contributed by atoms with Gasteiger partial charge in [0.2, 0.25) is 10.0 Å². The molecule has 9 nitrogen and oxygen atoms in total. The molecular formula is C17H21FN6O3S. The largest absolute Gasteiger partial charge is 0.385 e. The SMILES string of the molecule is COCCCNc1ccc2nnc(CCNS(=O)(=O)c3ccc(F)cc3)n2n1. The maximum absolute atomic E-state index is 13.0. The molecule has 0 saturated carbocycles. The summed E-state index contributed by atoms with van der Waals surface area (Å²) in [6.45, 7) is 1.47. The summed E-state index contributed by atoms with van der Waals surface area (Å²) in [5.74, 6) is 0.695. The van der Waals surface area contributed by atoms with Gasteiger partial charge in [-0.25, -0.2) is 17.5 Å². The Kier molecular flexibility index (Phi) is 6.49. The van der Waals surface area contributed by atoms with E-state index in [0.29, 0.717) is 36.9 Å². The van der Waals surface area contributed by atoms with Crippen molar-refractivity contribution < 1.29 is 17.5 Å². The number of hydrogen-bond donors (Lipinski definition) is 2. The quantitative estimate of drug-likeness (QED) is 0.486. The van der Waals surface area contributed by atoms with Crippen molar-refractivity contribution in [2.45, 2.75) is 17.7 Å². The Morgan fingerprint density at radius 2 is 1.89 bits per heavy atom. The fourth-order valence-corrected chi connectivity index (χ4v) is 3.54. The van der Waals surface area contributed by atoms with Crippen molar-refractivity contribution in [2.75, 3.05) is 32.1 Å². The third kappa shape index (κ3) is 5.00. The Labute approximate surface area is 162 Å².